The van der Waals surface area contributed by atoms with Crippen LogP contribution < -0.4 is 5.32 Å². The quantitative estimate of drug-likeness (QED) is 0.397. The molecule has 2 aromatic rings. The van der Waals surface area contributed by atoms with Gasteiger partial charge in [-0.25, -0.2) is 13.2 Å². The first kappa shape index (κ1) is 20.9. The van der Waals surface area contributed by atoms with E-state index in [0.29, 0.717) is 30.1 Å². The van der Waals surface area contributed by atoms with Gasteiger partial charge in [-0.05, 0) is 43.2 Å². The van der Waals surface area contributed by atoms with Gasteiger partial charge in [0.25, 0.3) is 5.91 Å². The number of hydrogen-bond donors (Lipinski definition) is 1. The highest BCUT2D eigenvalue weighted by atomic mass is 32.2. The molecule has 1 aliphatic rings. The third-order valence-electron chi connectivity index (χ3n) is 4.15. The van der Waals surface area contributed by atoms with E-state index in [0.717, 1.165) is 12.8 Å². The average Bonchev–Trinajstić information content (AvgIpc) is 3.38. The van der Waals surface area contributed by atoms with Crippen LogP contribution in [-0.4, -0.2) is 49.2 Å². The molecule has 10 nitrogen and oxygen atoms in total. The topological polar surface area (TPSA) is 136 Å². The van der Waals surface area contributed by atoms with Gasteiger partial charge in [0.1, 0.15) is 4.88 Å². The van der Waals surface area contributed by atoms with Crippen molar-refractivity contribution in [3.63, 3.8) is 0 Å². The van der Waals surface area contributed by atoms with E-state index in [-0.39, 0.29) is 14.8 Å². The zero-order chi connectivity index (χ0) is 21.0. The summed E-state index contributed by atoms with van der Waals surface area (Å²) in [4.78, 5) is 33.9. The van der Waals surface area contributed by atoms with Gasteiger partial charge in [-0.3, -0.25) is 14.9 Å². The van der Waals surface area contributed by atoms with Crippen LogP contribution in [0.4, 0.5) is 10.7 Å². The molecule has 0 saturated carbocycles. The number of nitrogens with zero attached hydrogens (tertiary/aromatic N) is 2. The summed E-state index contributed by atoms with van der Waals surface area (Å²) in [5.41, 5.74) is 0.346. The average molecular weight is 439 g/mol. The number of nitrogens with one attached hydrogen (secondary N) is 1. The lowest BCUT2D eigenvalue weighted by Gasteiger charge is -2.15. The lowest BCUT2D eigenvalue weighted by atomic mass is 10.3. The van der Waals surface area contributed by atoms with Crippen molar-refractivity contribution in [3.05, 3.63) is 51.4 Å². The molecule has 0 radical (unpaired) electrons. The largest absolute Gasteiger partial charge is 0.451 e. The van der Waals surface area contributed by atoms with Crippen molar-refractivity contribution < 1.29 is 27.7 Å². The number of anilines is 1. The fraction of sp³-hybridized carbons (Fsp3) is 0.294. The second kappa shape index (κ2) is 8.68. The molecule has 0 atom stereocenters. The first-order valence-electron chi connectivity index (χ1n) is 8.59. The van der Waals surface area contributed by atoms with Crippen molar-refractivity contribution in [3.8, 4) is 0 Å². The predicted molar refractivity (Wildman–Crippen MR) is 104 cm³/mol. The van der Waals surface area contributed by atoms with Gasteiger partial charge in [-0.2, -0.15) is 4.31 Å². The number of amides is 1. The number of nitro groups is 1. The van der Waals surface area contributed by atoms with Gasteiger partial charge in [0.05, 0.1) is 9.82 Å². The summed E-state index contributed by atoms with van der Waals surface area (Å²) < 4.78 is 31.2. The van der Waals surface area contributed by atoms with Gasteiger partial charge in [0, 0.05) is 24.8 Å². The molecule has 1 amide bonds. The molecule has 1 N–H and O–H groups in total. The van der Waals surface area contributed by atoms with Crippen LogP contribution >= 0.6 is 11.3 Å². The smallest absolute Gasteiger partial charge is 0.349 e. The number of carbonyl (C=O) groups excluding carboxylic acids is 2. The number of benzene rings is 1. The molecule has 29 heavy (non-hydrogen) atoms. The summed E-state index contributed by atoms with van der Waals surface area (Å²) in [7, 11) is -3.54. The molecule has 12 heteroatoms. The van der Waals surface area contributed by atoms with Crippen LogP contribution in [0.5, 0.6) is 0 Å². The molecule has 1 aromatic carbocycles. The Morgan fingerprint density at radius 3 is 2.38 bits per heavy atom. The van der Waals surface area contributed by atoms with Gasteiger partial charge in [-0.1, -0.05) is 11.3 Å². The highest BCUT2D eigenvalue weighted by molar-refractivity contribution is 7.89. The minimum atomic E-state index is -3.54. The molecular formula is C17H17N3O7S2. The minimum Gasteiger partial charge on any atom is -0.451 e. The van der Waals surface area contributed by atoms with Gasteiger partial charge >= 0.3 is 11.0 Å². The molecule has 3 rings (SSSR count). The van der Waals surface area contributed by atoms with Crippen molar-refractivity contribution in [2.45, 2.75) is 17.7 Å². The number of thiophene rings is 1. The third kappa shape index (κ3) is 4.96. The van der Waals surface area contributed by atoms with Crippen LogP contribution in [0.1, 0.15) is 22.5 Å². The van der Waals surface area contributed by atoms with E-state index in [1.165, 1.54) is 40.7 Å². The molecule has 0 spiro atoms. The Kier molecular flexibility index (Phi) is 6.25. The Labute approximate surface area is 170 Å². The van der Waals surface area contributed by atoms with E-state index in [1.54, 1.807) is 0 Å². The Hall–Kier alpha value is -2.83. The van der Waals surface area contributed by atoms with Crippen LogP contribution in [0.25, 0.3) is 0 Å². The van der Waals surface area contributed by atoms with Crippen molar-refractivity contribution in [1.29, 1.82) is 0 Å². The number of esters is 1. The Morgan fingerprint density at radius 2 is 1.79 bits per heavy atom. The Morgan fingerprint density at radius 1 is 1.14 bits per heavy atom. The van der Waals surface area contributed by atoms with Crippen LogP contribution in [0.15, 0.2) is 41.3 Å². The number of hydrogen-bond acceptors (Lipinski definition) is 8. The molecule has 0 bridgehead atoms. The molecule has 1 saturated heterocycles. The highest BCUT2D eigenvalue weighted by Gasteiger charge is 2.27. The maximum atomic E-state index is 12.5. The first-order chi connectivity index (χ1) is 13.8. The van der Waals surface area contributed by atoms with Crippen molar-refractivity contribution in [2.24, 2.45) is 0 Å². The maximum absolute atomic E-state index is 12.5. The first-order valence-corrected chi connectivity index (χ1v) is 10.8. The minimum absolute atomic E-state index is 0.0148. The van der Waals surface area contributed by atoms with Crippen LogP contribution in [0, 0.1) is 10.1 Å². The van der Waals surface area contributed by atoms with E-state index in [4.69, 9.17) is 4.74 Å². The zero-order valence-corrected chi connectivity index (χ0v) is 16.7. The monoisotopic (exact) mass is 439 g/mol. The summed E-state index contributed by atoms with van der Waals surface area (Å²) >= 11 is 0.653. The molecule has 1 fully saturated rings. The second-order valence-electron chi connectivity index (χ2n) is 6.15. The van der Waals surface area contributed by atoms with E-state index in [1.807, 2.05) is 0 Å². The molecule has 1 aliphatic heterocycles. The summed E-state index contributed by atoms with van der Waals surface area (Å²) in [5, 5.41) is 12.9. The van der Waals surface area contributed by atoms with Crippen molar-refractivity contribution in [2.75, 3.05) is 25.0 Å². The van der Waals surface area contributed by atoms with E-state index >= 15 is 0 Å². The van der Waals surface area contributed by atoms with Gasteiger partial charge < -0.3 is 10.1 Å². The molecule has 154 valence electrons. The standard InChI is InChI=1S/C17H17N3O7S2/c21-15(11-27-17(22)14-7-8-16(28-14)20(23)24)18-12-3-5-13(6-4-12)29(25,26)19-9-1-2-10-19/h3-8H,1-2,9-11H2,(H,18,21). The van der Waals surface area contributed by atoms with Gasteiger partial charge in [0.15, 0.2) is 6.61 Å². The molecule has 0 unspecified atom stereocenters. The van der Waals surface area contributed by atoms with E-state index in [9.17, 15) is 28.1 Å². The van der Waals surface area contributed by atoms with E-state index in [2.05, 4.69) is 5.32 Å². The number of ether oxygens (including phenoxy) is 1. The Bertz CT molecular complexity index is 1030. The summed E-state index contributed by atoms with van der Waals surface area (Å²) in [6.07, 6.45) is 1.68. The van der Waals surface area contributed by atoms with E-state index < -0.39 is 33.4 Å². The van der Waals surface area contributed by atoms with Gasteiger partial charge in [0.2, 0.25) is 10.0 Å². The number of rotatable bonds is 7. The summed E-state index contributed by atoms with van der Waals surface area (Å²) in [6.45, 7) is 0.414. The van der Waals surface area contributed by atoms with Crippen LogP contribution in [-0.2, 0) is 19.6 Å². The fourth-order valence-electron chi connectivity index (χ4n) is 2.72. The summed E-state index contributed by atoms with van der Waals surface area (Å²) in [6, 6.07) is 8.14. The van der Waals surface area contributed by atoms with Gasteiger partial charge in [-0.15, -0.1) is 0 Å². The molecule has 2 heterocycles. The van der Waals surface area contributed by atoms with Crippen LogP contribution in [0.2, 0.25) is 0 Å². The third-order valence-corrected chi connectivity index (χ3v) is 7.08. The molecular weight excluding hydrogens is 422 g/mol. The highest BCUT2D eigenvalue weighted by Crippen LogP contribution is 2.25. The lowest BCUT2D eigenvalue weighted by molar-refractivity contribution is -0.380. The molecule has 1 aromatic heterocycles. The summed E-state index contributed by atoms with van der Waals surface area (Å²) in [5.74, 6) is -1.47. The van der Waals surface area contributed by atoms with Crippen molar-refractivity contribution >= 4 is 43.9 Å². The van der Waals surface area contributed by atoms with Crippen molar-refractivity contribution in [1.82, 2.24) is 4.31 Å². The van der Waals surface area contributed by atoms with Crippen LogP contribution in [0.3, 0.4) is 0 Å². The Balaban J connectivity index is 1.54. The number of carbonyl (C=O) groups is 2. The molecule has 0 aliphatic carbocycles. The normalized spacial score (nSPS) is 14.5. The number of sulfonamides is 1. The predicted octanol–water partition coefficient (Wildman–Crippen LogP) is 2.24. The fourth-order valence-corrected chi connectivity index (χ4v) is 4.95. The second-order valence-corrected chi connectivity index (χ2v) is 9.16. The lowest BCUT2D eigenvalue weighted by Crippen LogP contribution is -2.27. The zero-order valence-electron chi connectivity index (χ0n) is 15.1. The SMILES string of the molecule is O=C(COC(=O)c1ccc([N+](=O)[O-])s1)Nc1ccc(S(=O)(=O)N2CCCC2)cc1. The maximum Gasteiger partial charge on any atom is 0.349 e.